The second-order valence-electron chi connectivity index (χ2n) is 3.47. The van der Waals surface area contributed by atoms with Crippen LogP contribution in [0.25, 0.3) is 0 Å². The summed E-state index contributed by atoms with van der Waals surface area (Å²) in [6.45, 7) is 3.11. The third kappa shape index (κ3) is 2.74. The number of hydrogen-bond acceptors (Lipinski definition) is 3. The molecule has 2 rings (SSSR count). The molecule has 0 bridgehead atoms. The van der Waals surface area contributed by atoms with Crippen molar-refractivity contribution < 1.29 is 4.39 Å². The van der Waals surface area contributed by atoms with Crippen molar-refractivity contribution in [2.45, 2.75) is 20.0 Å². The van der Waals surface area contributed by atoms with Gasteiger partial charge in [0.1, 0.15) is 18.0 Å². The molecule has 0 radical (unpaired) electrons. The van der Waals surface area contributed by atoms with Crippen LogP contribution in [0.15, 0.2) is 24.5 Å². The monoisotopic (exact) mass is 254 g/mol. The van der Waals surface area contributed by atoms with Gasteiger partial charge in [-0.15, -0.1) is 0 Å². The third-order valence-electron chi connectivity index (χ3n) is 2.36. The Morgan fingerprint density at radius 2 is 2.29 bits per heavy atom. The van der Waals surface area contributed by atoms with Gasteiger partial charge >= 0.3 is 0 Å². The van der Waals surface area contributed by atoms with Gasteiger partial charge < -0.3 is 5.32 Å². The fraction of sp³-hybridized carbons (Fsp3) is 0.273. The van der Waals surface area contributed by atoms with E-state index in [1.165, 1.54) is 18.5 Å². The molecular formula is C11H12ClFN4. The van der Waals surface area contributed by atoms with E-state index in [1.807, 2.05) is 6.92 Å². The van der Waals surface area contributed by atoms with Crippen LogP contribution < -0.4 is 5.32 Å². The first kappa shape index (κ1) is 11.9. The predicted octanol–water partition coefficient (Wildman–Crippen LogP) is 2.70. The molecule has 0 amide bonds. The SMILES string of the molecule is CCn1ncnc1CNc1cc(Cl)ccc1F. The molecule has 0 aliphatic rings. The van der Waals surface area contributed by atoms with Gasteiger partial charge in [0, 0.05) is 11.6 Å². The van der Waals surface area contributed by atoms with Crippen LogP contribution in [0.5, 0.6) is 0 Å². The van der Waals surface area contributed by atoms with Gasteiger partial charge in [-0.1, -0.05) is 11.6 Å². The Kier molecular flexibility index (Phi) is 3.58. The van der Waals surface area contributed by atoms with Crippen molar-refractivity contribution in [2.75, 3.05) is 5.32 Å². The summed E-state index contributed by atoms with van der Waals surface area (Å²) < 4.78 is 15.2. The van der Waals surface area contributed by atoms with E-state index in [2.05, 4.69) is 15.4 Å². The molecule has 0 unspecified atom stereocenters. The van der Waals surface area contributed by atoms with Gasteiger partial charge in [0.25, 0.3) is 0 Å². The van der Waals surface area contributed by atoms with E-state index in [4.69, 9.17) is 11.6 Å². The van der Waals surface area contributed by atoms with Crippen molar-refractivity contribution in [3.8, 4) is 0 Å². The number of benzene rings is 1. The molecule has 1 aromatic heterocycles. The largest absolute Gasteiger partial charge is 0.375 e. The number of halogens is 2. The standard InChI is InChI=1S/C11H12ClFN4/c1-2-17-11(15-7-16-17)6-14-10-5-8(12)3-4-9(10)13/h3-5,7,14H,2,6H2,1H3. The first-order chi connectivity index (χ1) is 8.20. The second kappa shape index (κ2) is 5.14. The molecule has 17 heavy (non-hydrogen) atoms. The van der Waals surface area contributed by atoms with Crippen LogP contribution in [-0.2, 0) is 13.1 Å². The maximum atomic E-state index is 13.4. The Morgan fingerprint density at radius 3 is 3.06 bits per heavy atom. The highest BCUT2D eigenvalue weighted by molar-refractivity contribution is 6.30. The van der Waals surface area contributed by atoms with E-state index >= 15 is 0 Å². The number of aromatic nitrogens is 3. The van der Waals surface area contributed by atoms with Crippen molar-refractivity contribution in [1.29, 1.82) is 0 Å². The van der Waals surface area contributed by atoms with E-state index in [1.54, 1.807) is 10.7 Å². The molecule has 1 aromatic carbocycles. The summed E-state index contributed by atoms with van der Waals surface area (Å²) >= 11 is 5.80. The summed E-state index contributed by atoms with van der Waals surface area (Å²) in [6.07, 6.45) is 1.48. The molecule has 0 saturated heterocycles. The van der Waals surface area contributed by atoms with E-state index < -0.39 is 0 Å². The Hall–Kier alpha value is -1.62. The lowest BCUT2D eigenvalue weighted by Gasteiger charge is -2.08. The number of anilines is 1. The highest BCUT2D eigenvalue weighted by Gasteiger charge is 2.05. The lowest BCUT2D eigenvalue weighted by Crippen LogP contribution is -2.09. The normalized spacial score (nSPS) is 10.5. The molecule has 1 heterocycles. The molecule has 0 saturated carbocycles. The highest BCUT2D eigenvalue weighted by Crippen LogP contribution is 2.19. The summed E-state index contributed by atoms with van der Waals surface area (Å²) in [5, 5.41) is 7.47. The summed E-state index contributed by atoms with van der Waals surface area (Å²) in [5.41, 5.74) is 0.364. The molecule has 0 aliphatic carbocycles. The molecular weight excluding hydrogens is 243 g/mol. The number of aryl methyl sites for hydroxylation is 1. The first-order valence-corrected chi connectivity index (χ1v) is 5.64. The van der Waals surface area contributed by atoms with Crippen molar-refractivity contribution in [1.82, 2.24) is 14.8 Å². The van der Waals surface area contributed by atoms with E-state index in [0.717, 1.165) is 12.4 Å². The van der Waals surface area contributed by atoms with Crippen LogP contribution in [0.1, 0.15) is 12.7 Å². The van der Waals surface area contributed by atoms with Crippen molar-refractivity contribution in [2.24, 2.45) is 0 Å². The predicted molar refractivity (Wildman–Crippen MR) is 64.4 cm³/mol. The van der Waals surface area contributed by atoms with Crippen molar-refractivity contribution in [3.63, 3.8) is 0 Å². The minimum atomic E-state index is -0.336. The van der Waals surface area contributed by atoms with Crippen LogP contribution in [-0.4, -0.2) is 14.8 Å². The number of nitrogens with one attached hydrogen (secondary N) is 1. The maximum absolute atomic E-state index is 13.4. The van der Waals surface area contributed by atoms with Gasteiger partial charge in [-0.3, -0.25) is 0 Å². The Bertz CT molecular complexity index is 512. The lowest BCUT2D eigenvalue weighted by atomic mass is 10.3. The fourth-order valence-corrected chi connectivity index (χ4v) is 1.67. The molecule has 0 atom stereocenters. The summed E-state index contributed by atoms with van der Waals surface area (Å²) in [7, 11) is 0. The highest BCUT2D eigenvalue weighted by atomic mass is 35.5. The van der Waals surface area contributed by atoms with Crippen molar-refractivity contribution in [3.05, 3.63) is 41.2 Å². The molecule has 4 nitrogen and oxygen atoms in total. The summed E-state index contributed by atoms with van der Waals surface area (Å²) in [6, 6.07) is 4.38. The molecule has 0 spiro atoms. The Balaban J connectivity index is 2.09. The average Bonchev–Trinajstić information content (AvgIpc) is 2.77. The summed E-state index contributed by atoms with van der Waals surface area (Å²) in [5.74, 6) is 0.420. The third-order valence-corrected chi connectivity index (χ3v) is 2.60. The molecule has 2 aromatic rings. The van der Waals surface area contributed by atoms with E-state index in [9.17, 15) is 4.39 Å². The quantitative estimate of drug-likeness (QED) is 0.912. The Morgan fingerprint density at radius 1 is 1.47 bits per heavy atom. The molecule has 6 heteroatoms. The van der Waals surface area contributed by atoms with E-state index in [0.29, 0.717) is 17.3 Å². The zero-order chi connectivity index (χ0) is 12.3. The van der Waals surface area contributed by atoms with Crippen LogP contribution in [0.4, 0.5) is 10.1 Å². The van der Waals surface area contributed by atoms with Crippen molar-refractivity contribution >= 4 is 17.3 Å². The maximum Gasteiger partial charge on any atom is 0.146 e. The zero-order valence-electron chi connectivity index (χ0n) is 9.32. The van der Waals surface area contributed by atoms with Gasteiger partial charge in [0.05, 0.1) is 12.2 Å². The van der Waals surface area contributed by atoms with Gasteiger partial charge in [-0.05, 0) is 25.1 Å². The van der Waals surface area contributed by atoms with Gasteiger partial charge in [0.2, 0.25) is 0 Å². The van der Waals surface area contributed by atoms with E-state index in [-0.39, 0.29) is 5.82 Å². The minimum absolute atomic E-state index is 0.336. The lowest BCUT2D eigenvalue weighted by molar-refractivity contribution is 0.615. The number of rotatable bonds is 4. The zero-order valence-corrected chi connectivity index (χ0v) is 10.1. The molecule has 0 fully saturated rings. The Labute approximate surface area is 103 Å². The van der Waals surface area contributed by atoms with Crippen LogP contribution in [0, 0.1) is 5.82 Å². The minimum Gasteiger partial charge on any atom is -0.375 e. The summed E-state index contributed by atoms with van der Waals surface area (Å²) in [4.78, 5) is 4.09. The number of hydrogen-bond donors (Lipinski definition) is 1. The molecule has 0 aliphatic heterocycles. The first-order valence-electron chi connectivity index (χ1n) is 5.26. The molecule has 90 valence electrons. The van der Waals surface area contributed by atoms with Crippen LogP contribution in [0.2, 0.25) is 5.02 Å². The average molecular weight is 255 g/mol. The fourth-order valence-electron chi connectivity index (χ4n) is 1.50. The van der Waals surface area contributed by atoms with Crippen LogP contribution in [0.3, 0.4) is 0 Å². The smallest absolute Gasteiger partial charge is 0.146 e. The van der Waals surface area contributed by atoms with Gasteiger partial charge in [-0.25, -0.2) is 14.1 Å². The topological polar surface area (TPSA) is 42.7 Å². The number of nitrogens with zero attached hydrogens (tertiary/aromatic N) is 3. The molecule has 1 N–H and O–H groups in total. The van der Waals surface area contributed by atoms with Crippen LogP contribution >= 0.6 is 11.6 Å². The van der Waals surface area contributed by atoms with Gasteiger partial charge in [0.15, 0.2) is 0 Å². The second-order valence-corrected chi connectivity index (χ2v) is 3.91. The van der Waals surface area contributed by atoms with Gasteiger partial charge in [-0.2, -0.15) is 5.10 Å².